The molecular weight excluding hydrogens is 342 g/mol. The van der Waals surface area contributed by atoms with Crippen LogP contribution in [-0.4, -0.2) is 82.8 Å². The Labute approximate surface area is 141 Å². The quantitative estimate of drug-likeness (QED) is 0.174. The van der Waals surface area contributed by atoms with E-state index in [1.165, 1.54) is 0 Å². The number of nitrogens with two attached hydrogens (primary N) is 2. The first kappa shape index (κ1) is 22.2. The highest BCUT2D eigenvalue weighted by Crippen LogP contribution is 1.96. The van der Waals surface area contributed by atoms with E-state index in [0.29, 0.717) is 0 Å². The lowest BCUT2D eigenvalue weighted by Gasteiger charge is -2.22. The summed E-state index contributed by atoms with van der Waals surface area (Å²) in [6, 6.07) is -4.38. The Hall–Kier alpha value is -2.77. The summed E-state index contributed by atoms with van der Waals surface area (Å²) >= 11 is 0. The van der Waals surface area contributed by atoms with Gasteiger partial charge in [-0.25, -0.2) is 0 Å². The van der Waals surface area contributed by atoms with Gasteiger partial charge in [0, 0.05) is 0 Å². The van der Waals surface area contributed by atoms with Crippen molar-refractivity contribution in [3.05, 3.63) is 0 Å². The Balaban J connectivity index is 4.97. The second-order valence-corrected chi connectivity index (χ2v) is 4.88. The molecule has 0 radical (unpaired) electrons. The van der Waals surface area contributed by atoms with Crippen molar-refractivity contribution in [2.45, 2.75) is 24.5 Å². The maximum atomic E-state index is 12.1. The predicted octanol–water partition coefficient (Wildman–Crippen LogP) is -5.66. The zero-order chi connectivity index (χ0) is 19.6. The number of carbonyl (C=O) groups excluding carboxylic acids is 4. The molecule has 0 aromatic rings. The van der Waals surface area contributed by atoms with Gasteiger partial charge in [0.1, 0.15) is 24.7 Å². The zero-order valence-corrected chi connectivity index (χ0v) is 13.1. The first-order valence-corrected chi connectivity index (χ1v) is 6.98. The number of carbonyl (C=O) groups is 5. The van der Waals surface area contributed by atoms with Gasteiger partial charge in [0.25, 0.3) is 0 Å². The van der Waals surface area contributed by atoms with Crippen molar-refractivity contribution in [3.63, 3.8) is 0 Å². The summed E-state index contributed by atoms with van der Waals surface area (Å²) in [4.78, 5) is 56.8. The molecule has 13 heteroatoms. The molecule has 0 saturated carbocycles. The van der Waals surface area contributed by atoms with Crippen LogP contribution in [0, 0.1) is 0 Å². The maximum Gasteiger partial charge on any atom is 0.322 e. The van der Waals surface area contributed by atoms with Gasteiger partial charge in [-0.1, -0.05) is 0 Å². The minimum atomic E-state index is -1.52. The fourth-order valence-electron chi connectivity index (χ4n) is 1.52. The Kier molecular flexibility index (Phi) is 9.69. The van der Waals surface area contributed by atoms with Crippen LogP contribution in [0.25, 0.3) is 0 Å². The number of hydrogen-bond acceptors (Lipinski definition) is 8. The number of carboxylic acids is 1. The van der Waals surface area contributed by atoms with E-state index in [0.717, 1.165) is 0 Å². The van der Waals surface area contributed by atoms with E-state index in [9.17, 15) is 24.0 Å². The minimum absolute atomic E-state index is 0.634. The summed E-state index contributed by atoms with van der Waals surface area (Å²) in [5, 5.41) is 32.4. The maximum absolute atomic E-state index is 12.1. The van der Waals surface area contributed by atoms with Crippen LogP contribution in [0.2, 0.25) is 0 Å². The van der Waals surface area contributed by atoms with Crippen molar-refractivity contribution >= 4 is 29.6 Å². The molecule has 0 spiro atoms. The molecule has 0 rings (SSSR count). The number of primary amides is 1. The summed E-state index contributed by atoms with van der Waals surface area (Å²) in [7, 11) is 0. The van der Waals surface area contributed by atoms with E-state index in [4.69, 9.17) is 26.8 Å². The van der Waals surface area contributed by atoms with Crippen LogP contribution in [0.5, 0.6) is 0 Å². The molecule has 0 unspecified atom stereocenters. The molecule has 0 aromatic carbocycles. The third kappa shape index (κ3) is 8.59. The minimum Gasteiger partial charge on any atom is -0.480 e. The smallest absolute Gasteiger partial charge is 0.322 e. The van der Waals surface area contributed by atoms with Crippen LogP contribution >= 0.6 is 0 Å². The molecule has 0 aromatic heterocycles. The molecule has 142 valence electrons. The van der Waals surface area contributed by atoms with Gasteiger partial charge in [0.05, 0.1) is 19.6 Å². The molecule has 0 fully saturated rings. The van der Waals surface area contributed by atoms with Gasteiger partial charge in [-0.05, 0) is 0 Å². The van der Waals surface area contributed by atoms with E-state index in [1.807, 2.05) is 10.6 Å². The third-order valence-corrected chi connectivity index (χ3v) is 2.80. The molecule has 4 amide bonds. The van der Waals surface area contributed by atoms with Gasteiger partial charge in [-0.3, -0.25) is 24.0 Å². The fourth-order valence-corrected chi connectivity index (χ4v) is 1.52. The number of hydrogen-bond donors (Lipinski definition) is 8. The van der Waals surface area contributed by atoms with E-state index >= 15 is 0 Å². The SMILES string of the molecule is NC(=O)C[C@H](NC(=O)[C@@H](N)CO)C(=O)N[C@@H](CO)C(=O)NCC(=O)O. The molecule has 0 aliphatic rings. The number of amides is 4. The molecule has 0 aliphatic carbocycles. The van der Waals surface area contributed by atoms with Crippen molar-refractivity contribution in [2.75, 3.05) is 19.8 Å². The first-order chi connectivity index (χ1) is 11.6. The molecule has 3 atom stereocenters. The molecular formula is C12H21N5O8. The van der Waals surface area contributed by atoms with Crippen molar-refractivity contribution < 1.29 is 39.3 Å². The van der Waals surface area contributed by atoms with E-state index in [2.05, 4.69) is 5.32 Å². The van der Waals surface area contributed by atoms with Gasteiger partial charge < -0.3 is 42.7 Å². The molecule has 13 nitrogen and oxygen atoms in total. The van der Waals surface area contributed by atoms with Gasteiger partial charge in [0.15, 0.2) is 0 Å². The second kappa shape index (κ2) is 10.9. The molecule has 0 aliphatic heterocycles. The number of aliphatic hydroxyl groups is 2. The van der Waals surface area contributed by atoms with E-state index < -0.39 is 73.9 Å². The van der Waals surface area contributed by atoms with Gasteiger partial charge in [-0.2, -0.15) is 0 Å². The van der Waals surface area contributed by atoms with E-state index in [1.54, 1.807) is 0 Å². The van der Waals surface area contributed by atoms with Crippen LogP contribution in [0.15, 0.2) is 0 Å². The average molecular weight is 363 g/mol. The molecule has 0 heterocycles. The number of rotatable bonds is 11. The standard InChI is InChI=1S/C12H21N5O8/c13-5(3-18)10(23)16-6(1-8(14)20)12(25)17-7(4-19)11(24)15-2-9(21)22/h5-7,18-19H,1-4,13H2,(H2,14,20)(H,15,24)(H,16,23)(H,17,25)(H,21,22)/t5-,6-,7-/m0/s1. The third-order valence-electron chi connectivity index (χ3n) is 2.80. The molecule has 0 bridgehead atoms. The highest BCUT2D eigenvalue weighted by Gasteiger charge is 2.28. The van der Waals surface area contributed by atoms with Gasteiger partial charge in [0.2, 0.25) is 23.6 Å². The van der Waals surface area contributed by atoms with E-state index in [-0.39, 0.29) is 0 Å². The predicted molar refractivity (Wildman–Crippen MR) is 80.5 cm³/mol. The van der Waals surface area contributed by atoms with Gasteiger partial charge in [-0.15, -0.1) is 0 Å². The summed E-state index contributed by atoms with van der Waals surface area (Å²) in [5.41, 5.74) is 10.2. The highest BCUT2D eigenvalue weighted by molar-refractivity contribution is 5.95. The number of nitrogens with one attached hydrogen (secondary N) is 3. The number of carboxylic acid groups (broad SMARTS) is 1. The zero-order valence-electron chi connectivity index (χ0n) is 13.1. The highest BCUT2D eigenvalue weighted by atomic mass is 16.4. The summed E-state index contributed by atoms with van der Waals surface area (Å²) in [6.07, 6.45) is -0.634. The lowest BCUT2D eigenvalue weighted by molar-refractivity contribution is -0.139. The summed E-state index contributed by atoms with van der Waals surface area (Å²) in [5.74, 6) is -5.27. The van der Waals surface area contributed by atoms with Crippen LogP contribution in [0.1, 0.15) is 6.42 Å². The Morgan fingerprint density at radius 1 is 0.880 bits per heavy atom. The number of aliphatic carboxylic acids is 1. The average Bonchev–Trinajstić information content (AvgIpc) is 2.55. The first-order valence-electron chi connectivity index (χ1n) is 6.98. The Morgan fingerprint density at radius 2 is 1.44 bits per heavy atom. The molecule has 0 saturated heterocycles. The second-order valence-electron chi connectivity index (χ2n) is 4.88. The van der Waals surface area contributed by atoms with Crippen molar-refractivity contribution in [1.29, 1.82) is 0 Å². The fraction of sp³-hybridized carbons (Fsp3) is 0.583. The molecule has 10 N–H and O–H groups in total. The summed E-state index contributed by atoms with van der Waals surface area (Å²) < 4.78 is 0. The summed E-state index contributed by atoms with van der Waals surface area (Å²) in [6.45, 7) is -2.32. The lowest BCUT2D eigenvalue weighted by atomic mass is 10.1. The molecule has 25 heavy (non-hydrogen) atoms. The Morgan fingerprint density at radius 3 is 1.88 bits per heavy atom. The topological polar surface area (TPSA) is 234 Å². The number of aliphatic hydroxyl groups excluding tert-OH is 2. The Bertz CT molecular complexity index is 526. The van der Waals surface area contributed by atoms with Crippen LogP contribution < -0.4 is 27.4 Å². The normalized spacial score (nSPS) is 13.9. The van der Waals surface area contributed by atoms with Crippen LogP contribution in [-0.2, 0) is 24.0 Å². The monoisotopic (exact) mass is 363 g/mol. The van der Waals surface area contributed by atoms with Crippen molar-refractivity contribution in [3.8, 4) is 0 Å². The van der Waals surface area contributed by atoms with Crippen molar-refractivity contribution in [1.82, 2.24) is 16.0 Å². The lowest BCUT2D eigenvalue weighted by Crippen LogP contribution is -2.58. The van der Waals surface area contributed by atoms with Gasteiger partial charge >= 0.3 is 5.97 Å². The van der Waals surface area contributed by atoms with Crippen LogP contribution in [0.3, 0.4) is 0 Å². The van der Waals surface area contributed by atoms with Crippen molar-refractivity contribution in [2.24, 2.45) is 11.5 Å². The largest absolute Gasteiger partial charge is 0.480 e. The van der Waals surface area contributed by atoms with Crippen LogP contribution in [0.4, 0.5) is 0 Å².